The van der Waals surface area contributed by atoms with Gasteiger partial charge in [0, 0.05) is 37.4 Å². The van der Waals surface area contributed by atoms with Crippen LogP contribution in [0, 0.1) is 0 Å². The summed E-state index contributed by atoms with van der Waals surface area (Å²) in [4.78, 5) is 21.3. The lowest BCUT2D eigenvalue weighted by Crippen LogP contribution is -2.53. The quantitative estimate of drug-likeness (QED) is 0.883. The number of carbonyl (C=O) groups is 1. The smallest absolute Gasteiger partial charge is 0.241 e. The molecule has 1 amide bonds. The molecule has 3 rings (SSSR count). The highest BCUT2D eigenvalue weighted by atomic mass is 35.5. The van der Waals surface area contributed by atoms with Crippen molar-refractivity contribution in [1.29, 1.82) is 0 Å². The molecule has 132 valence electrons. The standard InChI is InChI=1S/C18H20Cl2N4O/c1-13(18(25)22-16-12-14(19)5-6-15(16)20)23-8-10-24(11-9-23)17-4-2-3-7-21-17/h2-7,12-13H,8-11H2,1H3,(H,22,25)/t13-/m1/s1. The Kier molecular flexibility index (Phi) is 5.78. The van der Waals surface area contributed by atoms with Crippen LogP contribution in [-0.2, 0) is 4.79 Å². The van der Waals surface area contributed by atoms with Gasteiger partial charge in [-0.15, -0.1) is 0 Å². The van der Waals surface area contributed by atoms with Crippen LogP contribution in [0.15, 0.2) is 42.6 Å². The summed E-state index contributed by atoms with van der Waals surface area (Å²) in [6.07, 6.45) is 1.80. The van der Waals surface area contributed by atoms with E-state index >= 15 is 0 Å². The van der Waals surface area contributed by atoms with Crippen LogP contribution in [0.3, 0.4) is 0 Å². The van der Waals surface area contributed by atoms with E-state index in [2.05, 4.69) is 20.1 Å². The van der Waals surface area contributed by atoms with Gasteiger partial charge >= 0.3 is 0 Å². The van der Waals surface area contributed by atoms with Crippen molar-refractivity contribution >= 4 is 40.6 Å². The van der Waals surface area contributed by atoms with Crippen molar-refractivity contribution in [1.82, 2.24) is 9.88 Å². The maximum atomic E-state index is 12.5. The van der Waals surface area contributed by atoms with Crippen LogP contribution in [-0.4, -0.2) is 48.0 Å². The first-order valence-electron chi connectivity index (χ1n) is 8.20. The molecule has 0 bridgehead atoms. The highest BCUT2D eigenvalue weighted by Crippen LogP contribution is 2.26. The van der Waals surface area contributed by atoms with Crippen molar-refractivity contribution in [2.45, 2.75) is 13.0 Å². The van der Waals surface area contributed by atoms with Crippen LogP contribution in [0.1, 0.15) is 6.92 Å². The molecule has 1 N–H and O–H groups in total. The molecule has 1 aromatic heterocycles. The van der Waals surface area contributed by atoms with E-state index in [0.29, 0.717) is 15.7 Å². The Morgan fingerprint density at radius 3 is 2.60 bits per heavy atom. The highest BCUT2D eigenvalue weighted by molar-refractivity contribution is 6.35. The normalized spacial score (nSPS) is 16.5. The lowest BCUT2D eigenvalue weighted by molar-refractivity contribution is -0.120. The number of carbonyl (C=O) groups excluding carboxylic acids is 1. The third kappa shape index (κ3) is 4.42. The number of nitrogens with one attached hydrogen (secondary N) is 1. The molecule has 1 atom stereocenters. The molecule has 5 nitrogen and oxygen atoms in total. The molecule has 1 aliphatic heterocycles. The van der Waals surface area contributed by atoms with E-state index in [-0.39, 0.29) is 11.9 Å². The van der Waals surface area contributed by atoms with Gasteiger partial charge in [0.2, 0.25) is 5.91 Å². The maximum Gasteiger partial charge on any atom is 0.241 e. The van der Waals surface area contributed by atoms with Crippen LogP contribution in [0.25, 0.3) is 0 Å². The predicted octanol–water partition coefficient (Wildman–Crippen LogP) is 3.54. The second-order valence-electron chi connectivity index (χ2n) is 6.00. The van der Waals surface area contributed by atoms with Crippen molar-refractivity contribution in [3.05, 3.63) is 52.6 Å². The molecular weight excluding hydrogens is 359 g/mol. The SMILES string of the molecule is C[C@H](C(=O)Nc1cc(Cl)ccc1Cl)N1CCN(c2ccccn2)CC1. The molecule has 1 saturated heterocycles. The first-order chi connectivity index (χ1) is 12.0. The van der Waals surface area contributed by atoms with Gasteiger partial charge in [-0.2, -0.15) is 0 Å². The molecule has 2 aromatic rings. The second kappa shape index (κ2) is 8.04. The Labute approximate surface area is 157 Å². The number of hydrogen-bond acceptors (Lipinski definition) is 4. The van der Waals surface area contributed by atoms with Crippen LogP contribution in [0.5, 0.6) is 0 Å². The molecular formula is C18H20Cl2N4O. The Bertz CT molecular complexity index is 733. The van der Waals surface area contributed by atoms with E-state index in [1.165, 1.54) is 0 Å². The zero-order chi connectivity index (χ0) is 17.8. The summed E-state index contributed by atoms with van der Waals surface area (Å²) in [6.45, 7) is 5.19. The van der Waals surface area contributed by atoms with Crippen molar-refractivity contribution in [2.75, 3.05) is 36.4 Å². The van der Waals surface area contributed by atoms with Crippen molar-refractivity contribution in [3.63, 3.8) is 0 Å². The predicted molar refractivity (Wildman–Crippen MR) is 103 cm³/mol. The van der Waals surface area contributed by atoms with Crippen molar-refractivity contribution < 1.29 is 4.79 Å². The third-order valence-electron chi connectivity index (χ3n) is 4.40. The summed E-state index contributed by atoms with van der Waals surface area (Å²) in [5.41, 5.74) is 0.540. The van der Waals surface area contributed by atoms with Crippen LogP contribution in [0.4, 0.5) is 11.5 Å². The molecule has 0 radical (unpaired) electrons. The maximum absolute atomic E-state index is 12.5. The monoisotopic (exact) mass is 378 g/mol. The van der Waals surface area contributed by atoms with E-state index in [1.54, 1.807) is 24.4 Å². The van der Waals surface area contributed by atoms with Crippen molar-refractivity contribution in [2.24, 2.45) is 0 Å². The zero-order valence-electron chi connectivity index (χ0n) is 14.0. The summed E-state index contributed by atoms with van der Waals surface area (Å²) >= 11 is 12.1. The largest absolute Gasteiger partial charge is 0.354 e. The minimum atomic E-state index is -0.249. The van der Waals surface area contributed by atoms with Gasteiger partial charge in [0.25, 0.3) is 0 Å². The fraction of sp³-hybridized carbons (Fsp3) is 0.333. The number of piperazine rings is 1. The fourth-order valence-electron chi connectivity index (χ4n) is 2.88. The van der Waals surface area contributed by atoms with Gasteiger partial charge in [-0.1, -0.05) is 29.3 Å². The number of pyridine rings is 1. The minimum Gasteiger partial charge on any atom is -0.354 e. The molecule has 2 heterocycles. The second-order valence-corrected chi connectivity index (χ2v) is 6.84. The number of halogens is 2. The Morgan fingerprint density at radius 2 is 1.92 bits per heavy atom. The minimum absolute atomic E-state index is 0.0875. The first-order valence-corrected chi connectivity index (χ1v) is 8.96. The van der Waals surface area contributed by atoms with Crippen LogP contribution in [0.2, 0.25) is 10.0 Å². The zero-order valence-corrected chi connectivity index (χ0v) is 15.5. The molecule has 1 aromatic carbocycles. The average Bonchev–Trinajstić information content (AvgIpc) is 2.65. The van der Waals surface area contributed by atoms with E-state index in [9.17, 15) is 4.79 Å². The topological polar surface area (TPSA) is 48.5 Å². The molecule has 0 saturated carbocycles. The van der Waals surface area contributed by atoms with Gasteiger partial charge in [-0.05, 0) is 37.3 Å². The summed E-state index contributed by atoms with van der Waals surface area (Å²) in [6, 6.07) is 10.7. The molecule has 1 aliphatic rings. The van der Waals surface area contributed by atoms with Gasteiger partial charge < -0.3 is 10.2 Å². The lowest BCUT2D eigenvalue weighted by Gasteiger charge is -2.38. The molecule has 7 heteroatoms. The number of hydrogen-bond donors (Lipinski definition) is 1. The molecule has 25 heavy (non-hydrogen) atoms. The summed E-state index contributed by atoms with van der Waals surface area (Å²) in [5, 5.41) is 3.88. The highest BCUT2D eigenvalue weighted by Gasteiger charge is 2.26. The number of nitrogens with zero attached hydrogens (tertiary/aromatic N) is 3. The molecule has 0 spiro atoms. The number of anilines is 2. The van der Waals surface area contributed by atoms with E-state index in [4.69, 9.17) is 23.2 Å². The van der Waals surface area contributed by atoms with E-state index < -0.39 is 0 Å². The van der Waals surface area contributed by atoms with Gasteiger partial charge in [-0.3, -0.25) is 9.69 Å². The molecule has 1 fully saturated rings. The van der Waals surface area contributed by atoms with E-state index in [0.717, 1.165) is 32.0 Å². The summed E-state index contributed by atoms with van der Waals surface area (Å²) < 4.78 is 0. The fourth-order valence-corrected chi connectivity index (χ4v) is 3.21. The molecule has 0 aliphatic carbocycles. The third-order valence-corrected chi connectivity index (χ3v) is 4.97. The van der Waals surface area contributed by atoms with Gasteiger partial charge in [0.15, 0.2) is 0 Å². The van der Waals surface area contributed by atoms with Crippen molar-refractivity contribution in [3.8, 4) is 0 Å². The van der Waals surface area contributed by atoms with Gasteiger partial charge in [0.05, 0.1) is 16.8 Å². The van der Waals surface area contributed by atoms with Crippen LogP contribution >= 0.6 is 23.2 Å². The molecule has 0 unspecified atom stereocenters. The average molecular weight is 379 g/mol. The summed E-state index contributed by atoms with van der Waals surface area (Å²) in [7, 11) is 0. The summed E-state index contributed by atoms with van der Waals surface area (Å²) in [5.74, 6) is 0.889. The van der Waals surface area contributed by atoms with E-state index in [1.807, 2.05) is 25.1 Å². The van der Waals surface area contributed by atoms with Gasteiger partial charge in [-0.25, -0.2) is 4.98 Å². The number of benzene rings is 1. The Balaban J connectivity index is 1.57. The lowest BCUT2D eigenvalue weighted by atomic mass is 10.2. The van der Waals surface area contributed by atoms with Crippen LogP contribution < -0.4 is 10.2 Å². The number of amides is 1. The first kappa shape index (κ1) is 18.0. The number of aromatic nitrogens is 1. The number of rotatable bonds is 4. The Hall–Kier alpha value is -1.82. The van der Waals surface area contributed by atoms with Gasteiger partial charge in [0.1, 0.15) is 5.82 Å². The Morgan fingerprint density at radius 1 is 1.16 bits per heavy atom.